The minimum absolute atomic E-state index is 0.0825. The van der Waals surface area contributed by atoms with E-state index in [2.05, 4.69) is 28.2 Å². The highest BCUT2D eigenvalue weighted by Gasteiger charge is 2.05. The maximum Gasteiger partial charge on any atom is 0.224 e. The standard InChI is InChI=1S/C12H16BrNO/c1-2-11(13)9-14-12(15)8-10-6-4-3-5-7-10/h3-7,11H,2,8-9H2,1H3,(H,14,15). The van der Waals surface area contributed by atoms with Gasteiger partial charge in [-0.15, -0.1) is 0 Å². The van der Waals surface area contributed by atoms with E-state index < -0.39 is 0 Å². The first kappa shape index (κ1) is 12.2. The first-order valence-corrected chi connectivity index (χ1v) is 6.08. The van der Waals surface area contributed by atoms with Crippen LogP contribution in [0.2, 0.25) is 0 Å². The van der Waals surface area contributed by atoms with Gasteiger partial charge in [-0.05, 0) is 12.0 Å². The molecule has 1 N–H and O–H groups in total. The quantitative estimate of drug-likeness (QED) is 0.818. The Labute approximate surface area is 99.2 Å². The molecule has 1 amide bonds. The van der Waals surface area contributed by atoms with Crippen molar-refractivity contribution < 1.29 is 4.79 Å². The Morgan fingerprint density at radius 3 is 2.67 bits per heavy atom. The van der Waals surface area contributed by atoms with Crippen LogP contribution in [0.25, 0.3) is 0 Å². The highest BCUT2D eigenvalue weighted by atomic mass is 79.9. The van der Waals surface area contributed by atoms with E-state index >= 15 is 0 Å². The summed E-state index contributed by atoms with van der Waals surface area (Å²) in [7, 11) is 0. The average molecular weight is 270 g/mol. The van der Waals surface area contributed by atoms with Crippen molar-refractivity contribution in [2.24, 2.45) is 0 Å². The predicted octanol–water partition coefficient (Wildman–Crippen LogP) is 2.52. The summed E-state index contributed by atoms with van der Waals surface area (Å²) < 4.78 is 0. The van der Waals surface area contributed by atoms with Crippen LogP contribution in [-0.4, -0.2) is 17.3 Å². The van der Waals surface area contributed by atoms with Gasteiger partial charge in [0, 0.05) is 11.4 Å². The highest BCUT2D eigenvalue weighted by molar-refractivity contribution is 9.09. The number of alkyl halides is 1. The Morgan fingerprint density at radius 1 is 1.40 bits per heavy atom. The number of nitrogens with one attached hydrogen (secondary N) is 1. The number of halogens is 1. The Hall–Kier alpha value is -0.830. The van der Waals surface area contributed by atoms with Gasteiger partial charge in [0.2, 0.25) is 5.91 Å². The molecule has 0 aliphatic heterocycles. The molecule has 1 atom stereocenters. The summed E-state index contributed by atoms with van der Waals surface area (Å²) in [5, 5.41) is 2.90. The van der Waals surface area contributed by atoms with Crippen molar-refractivity contribution in [3.8, 4) is 0 Å². The number of benzene rings is 1. The van der Waals surface area contributed by atoms with Gasteiger partial charge in [0.25, 0.3) is 0 Å². The summed E-state index contributed by atoms with van der Waals surface area (Å²) in [6.45, 7) is 2.78. The third kappa shape index (κ3) is 4.98. The number of carbonyl (C=O) groups is 1. The second-order valence-corrected chi connectivity index (χ2v) is 4.77. The molecule has 0 aromatic heterocycles. The molecule has 0 spiro atoms. The molecule has 2 nitrogen and oxygen atoms in total. The van der Waals surface area contributed by atoms with Gasteiger partial charge in [-0.3, -0.25) is 4.79 Å². The molecule has 1 aromatic carbocycles. The number of carbonyl (C=O) groups excluding carboxylic acids is 1. The van der Waals surface area contributed by atoms with Crippen LogP contribution in [0.5, 0.6) is 0 Å². The van der Waals surface area contributed by atoms with Crippen LogP contribution in [0.15, 0.2) is 30.3 Å². The van der Waals surface area contributed by atoms with Gasteiger partial charge < -0.3 is 5.32 Å². The summed E-state index contributed by atoms with van der Waals surface area (Å²) in [6, 6.07) is 9.77. The lowest BCUT2D eigenvalue weighted by Gasteiger charge is -2.08. The normalized spacial score (nSPS) is 12.1. The maximum absolute atomic E-state index is 11.5. The molecule has 0 heterocycles. The van der Waals surface area contributed by atoms with Crippen LogP contribution in [0.3, 0.4) is 0 Å². The van der Waals surface area contributed by atoms with E-state index in [0.29, 0.717) is 17.8 Å². The molecule has 0 aliphatic rings. The Bertz CT molecular complexity index is 300. The van der Waals surface area contributed by atoms with Gasteiger partial charge in [0.15, 0.2) is 0 Å². The minimum Gasteiger partial charge on any atom is -0.355 e. The summed E-state index contributed by atoms with van der Waals surface area (Å²) in [5.74, 6) is 0.0825. The Kier molecular flexibility index (Phi) is 5.40. The third-order valence-corrected chi connectivity index (χ3v) is 3.14. The molecular formula is C12H16BrNO. The zero-order valence-corrected chi connectivity index (χ0v) is 10.5. The third-order valence-electron chi connectivity index (χ3n) is 2.17. The predicted molar refractivity (Wildman–Crippen MR) is 66.2 cm³/mol. The maximum atomic E-state index is 11.5. The van der Waals surface area contributed by atoms with Gasteiger partial charge in [0.05, 0.1) is 6.42 Å². The van der Waals surface area contributed by atoms with Crippen molar-refractivity contribution in [3.63, 3.8) is 0 Å². The van der Waals surface area contributed by atoms with Crippen LogP contribution in [-0.2, 0) is 11.2 Å². The molecule has 1 aromatic rings. The van der Waals surface area contributed by atoms with Crippen LogP contribution < -0.4 is 5.32 Å². The smallest absolute Gasteiger partial charge is 0.224 e. The van der Waals surface area contributed by atoms with Crippen LogP contribution in [0.4, 0.5) is 0 Å². The molecule has 3 heteroatoms. The fourth-order valence-corrected chi connectivity index (χ4v) is 1.37. The lowest BCUT2D eigenvalue weighted by atomic mass is 10.1. The van der Waals surface area contributed by atoms with E-state index in [-0.39, 0.29) is 5.91 Å². The summed E-state index contributed by atoms with van der Waals surface area (Å²) in [6.07, 6.45) is 1.48. The van der Waals surface area contributed by atoms with Crippen LogP contribution in [0.1, 0.15) is 18.9 Å². The zero-order chi connectivity index (χ0) is 11.1. The van der Waals surface area contributed by atoms with Crippen molar-refractivity contribution in [2.75, 3.05) is 6.54 Å². The lowest BCUT2D eigenvalue weighted by Crippen LogP contribution is -2.30. The van der Waals surface area contributed by atoms with Crippen LogP contribution >= 0.6 is 15.9 Å². The van der Waals surface area contributed by atoms with Gasteiger partial charge >= 0.3 is 0 Å². The summed E-state index contributed by atoms with van der Waals surface area (Å²) in [5.41, 5.74) is 1.05. The van der Waals surface area contributed by atoms with Crippen molar-refractivity contribution in [2.45, 2.75) is 24.6 Å². The lowest BCUT2D eigenvalue weighted by molar-refractivity contribution is -0.120. The Balaban J connectivity index is 2.31. The van der Waals surface area contributed by atoms with Crippen molar-refractivity contribution in [3.05, 3.63) is 35.9 Å². The van der Waals surface area contributed by atoms with E-state index in [4.69, 9.17) is 0 Å². The number of amides is 1. The van der Waals surface area contributed by atoms with Crippen molar-refractivity contribution in [1.29, 1.82) is 0 Å². The molecule has 15 heavy (non-hydrogen) atoms. The molecular weight excluding hydrogens is 254 g/mol. The first-order chi connectivity index (χ1) is 7.22. The molecule has 0 fully saturated rings. The molecule has 0 aliphatic carbocycles. The highest BCUT2D eigenvalue weighted by Crippen LogP contribution is 2.03. The second kappa shape index (κ2) is 6.62. The van der Waals surface area contributed by atoms with Gasteiger partial charge in [-0.25, -0.2) is 0 Å². The average Bonchev–Trinajstić information content (AvgIpc) is 2.27. The zero-order valence-electron chi connectivity index (χ0n) is 8.87. The molecule has 0 radical (unpaired) electrons. The van der Waals surface area contributed by atoms with Crippen molar-refractivity contribution in [1.82, 2.24) is 5.32 Å². The van der Waals surface area contributed by atoms with E-state index in [0.717, 1.165) is 12.0 Å². The van der Waals surface area contributed by atoms with Gasteiger partial charge in [-0.1, -0.05) is 53.2 Å². The largest absolute Gasteiger partial charge is 0.355 e. The molecule has 1 unspecified atom stereocenters. The van der Waals surface area contributed by atoms with Gasteiger partial charge in [0.1, 0.15) is 0 Å². The SMILES string of the molecule is CCC(Br)CNC(=O)Cc1ccccc1. The second-order valence-electron chi connectivity index (χ2n) is 3.47. The first-order valence-electron chi connectivity index (χ1n) is 5.17. The van der Waals surface area contributed by atoms with Gasteiger partial charge in [-0.2, -0.15) is 0 Å². The Morgan fingerprint density at radius 2 is 2.07 bits per heavy atom. The van der Waals surface area contributed by atoms with E-state index in [9.17, 15) is 4.79 Å². The van der Waals surface area contributed by atoms with Crippen LogP contribution in [0, 0.1) is 0 Å². The van der Waals surface area contributed by atoms with Crippen molar-refractivity contribution >= 4 is 21.8 Å². The number of hydrogen-bond acceptors (Lipinski definition) is 1. The summed E-state index contributed by atoms with van der Waals surface area (Å²) in [4.78, 5) is 11.9. The molecule has 0 saturated carbocycles. The van der Waals surface area contributed by atoms with E-state index in [1.54, 1.807) is 0 Å². The van der Waals surface area contributed by atoms with E-state index in [1.165, 1.54) is 0 Å². The molecule has 0 saturated heterocycles. The molecule has 1 rings (SSSR count). The molecule has 82 valence electrons. The monoisotopic (exact) mass is 269 g/mol. The minimum atomic E-state index is 0.0825. The summed E-state index contributed by atoms with van der Waals surface area (Å²) >= 11 is 3.48. The fraction of sp³-hybridized carbons (Fsp3) is 0.417. The van der Waals surface area contributed by atoms with E-state index in [1.807, 2.05) is 30.3 Å². The molecule has 0 bridgehead atoms. The fourth-order valence-electron chi connectivity index (χ4n) is 1.21. The topological polar surface area (TPSA) is 29.1 Å². The number of rotatable bonds is 5. The number of hydrogen-bond donors (Lipinski definition) is 1.